The van der Waals surface area contributed by atoms with Crippen LogP contribution in [-0.2, 0) is 4.79 Å². The maximum Gasteiger partial charge on any atom is 0.326 e. The number of hydrogen-bond acceptors (Lipinski definition) is 3. The number of nitrogens with zero attached hydrogens (tertiary/aromatic N) is 2. The molecule has 2 saturated heterocycles. The summed E-state index contributed by atoms with van der Waals surface area (Å²) < 4.78 is 0. The normalized spacial score (nSPS) is 35.5. The van der Waals surface area contributed by atoms with Crippen LogP contribution < -0.4 is 0 Å². The lowest BCUT2D eigenvalue weighted by molar-refractivity contribution is -0.141. The van der Waals surface area contributed by atoms with E-state index in [4.69, 9.17) is 5.11 Å². The van der Waals surface area contributed by atoms with Crippen LogP contribution in [0.3, 0.4) is 0 Å². The molecule has 6 heteroatoms. The smallest absolute Gasteiger partial charge is 0.326 e. The maximum atomic E-state index is 12.6. The van der Waals surface area contributed by atoms with Crippen molar-refractivity contribution in [3.8, 4) is 0 Å². The average molecular weight is 270 g/mol. The average Bonchev–Trinajstić information content (AvgIpc) is 2.71. The Balaban J connectivity index is 2.15. The fourth-order valence-electron chi connectivity index (χ4n) is 3.21. The van der Waals surface area contributed by atoms with Crippen LogP contribution in [0, 0.1) is 0 Å². The van der Waals surface area contributed by atoms with Gasteiger partial charge in [-0.3, -0.25) is 0 Å². The zero-order valence-electron chi connectivity index (χ0n) is 11.5. The number of likely N-dealkylation sites (tertiary alicyclic amines) is 2. The molecule has 19 heavy (non-hydrogen) atoms. The Bertz CT molecular complexity index is 364. The molecule has 0 saturated carbocycles. The standard InChI is InChI=1S/C13H22N2O4/c1-8-4-3-5-9(2)15(8)13(19)14-7-10(16)6-11(14)12(17)18/h8-11,16H,3-7H2,1-2H3,(H,17,18)/t8?,9?,10-,11-/m0/s1. The molecule has 0 aromatic heterocycles. The zero-order valence-corrected chi connectivity index (χ0v) is 11.5. The van der Waals surface area contributed by atoms with E-state index in [0.29, 0.717) is 0 Å². The number of aliphatic hydroxyl groups excluding tert-OH is 1. The summed E-state index contributed by atoms with van der Waals surface area (Å²) in [6.07, 6.45) is 2.38. The second kappa shape index (κ2) is 5.36. The van der Waals surface area contributed by atoms with Crippen LogP contribution in [0.25, 0.3) is 0 Å². The number of β-amino-alcohol motifs (C(OH)–C–C–N with tert-alkyl or cyclic N) is 1. The third-order valence-electron chi connectivity index (χ3n) is 4.22. The molecule has 2 aliphatic heterocycles. The van der Waals surface area contributed by atoms with Crippen molar-refractivity contribution in [1.82, 2.24) is 9.80 Å². The predicted octanol–water partition coefficient (Wildman–Crippen LogP) is 0.889. The van der Waals surface area contributed by atoms with Gasteiger partial charge in [0.05, 0.1) is 6.10 Å². The Morgan fingerprint density at radius 3 is 2.26 bits per heavy atom. The zero-order chi connectivity index (χ0) is 14.2. The predicted molar refractivity (Wildman–Crippen MR) is 68.8 cm³/mol. The van der Waals surface area contributed by atoms with Crippen LogP contribution in [0.2, 0.25) is 0 Å². The van der Waals surface area contributed by atoms with Gasteiger partial charge in [-0.25, -0.2) is 9.59 Å². The molecule has 0 aromatic rings. The molecule has 2 aliphatic rings. The van der Waals surface area contributed by atoms with Gasteiger partial charge in [0.1, 0.15) is 6.04 Å². The molecule has 2 N–H and O–H groups in total. The number of carboxylic acids is 1. The number of aliphatic hydroxyl groups is 1. The number of aliphatic carboxylic acids is 1. The fraction of sp³-hybridized carbons (Fsp3) is 0.846. The van der Waals surface area contributed by atoms with Crippen molar-refractivity contribution in [3.05, 3.63) is 0 Å². The van der Waals surface area contributed by atoms with Crippen molar-refractivity contribution < 1.29 is 19.8 Å². The number of rotatable bonds is 1. The van der Waals surface area contributed by atoms with Crippen LogP contribution in [0.1, 0.15) is 39.5 Å². The van der Waals surface area contributed by atoms with Gasteiger partial charge in [-0.05, 0) is 33.1 Å². The van der Waals surface area contributed by atoms with Crippen molar-refractivity contribution in [2.75, 3.05) is 6.54 Å². The van der Waals surface area contributed by atoms with Crippen LogP contribution in [-0.4, -0.2) is 62.8 Å². The van der Waals surface area contributed by atoms with E-state index in [1.54, 1.807) is 4.90 Å². The highest BCUT2D eigenvalue weighted by atomic mass is 16.4. The fourth-order valence-corrected chi connectivity index (χ4v) is 3.21. The van der Waals surface area contributed by atoms with E-state index in [2.05, 4.69) is 0 Å². The number of carbonyl (C=O) groups excluding carboxylic acids is 1. The monoisotopic (exact) mass is 270 g/mol. The van der Waals surface area contributed by atoms with Gasteiger partial charge >= 0.3 is 12.0 Å². The first-order valence-corrected chi connectivity index (χ1v) is 6.91. The topological polar surface area (TPSA) is 81.1 Å². The molecule has 6 nitrogen and oxygen atoms in total. The van der Waals surface area contributed by atoms with E-state index >= 15 is 0 Å². The highest BCUT2D eigenvalue weighted by molar-refractivity contribution is 5.84. The van der Waals surface area contributed by atoms with E-state index in [-0.39, 0.29) is 31.1 Å². The Hall–Kier alpha value is -1.30. The Kier molecular flexibility index (Phi) is 3.99. The van der Waals surface area contributed by atoms with Gasteiger partial charge in [-0.2, -0.15) is 0 Å². The lowest BCUT2D eigenvalue weighted by atomic mass is 9.98. The van der Waals surface area contributed by atoms with E-state index < -0.39 is 18.1 Å². The van der Waals surface area contributed by atoms with Crippen LogP contribution in [0.5, 0.6) is 0 Å². The molecule has 2 amide bonds. The second-order valence-electron chi connectivity index (χ2n) is 5.71. The molecule has 0 aromatic carbocycles. The van der Waals surface area contributed by atoms with Crippen LogP contribution in [0.4, 0.5) is 4.79 Å². The molecule has 4 atom stereocenters. The first kappa shape index (κ1) is 14.1. The molecule has 0 aliphatic carbocycles. The quantitative estimate of drug-likeness (QED) is 0.741. The summed E-state index contributed by atoms with van der Waals surface area (Å²) in [6.45, 7) is 4.11. The lowest BCUT2D eigenvalue weighted by Gasteiger charge is -2.41. The minimum absolute atomic E-state index is 0.117. The highest BCUT2D eigenvalue weighted by Gasteiger charge is 2.42. The van der Waals surface area contributed by atoms with Gasteiger partial charge < -0.3 is 20.0 Å². The SMILES string of the molecule is CC1CCCC(C)N1C(=O)N1C[C@@H](O)C[C@H]1C(=O)O. The Morgan fingerprint density at radius 1 is 1.16 bits per heavy atom. The number of urea groups is 1. The van der Waals surface area contributed by atoms with Crippen LogP contribution in [0.15, 0.2) is 0 Å². The summed E-state index contributed by atoms with van der Waals surface area (Å²) in [6, 6.07) is -0.889. The highest BCUT2D eigenvalue weighted by Crippen LogP contribution is 2.27. The van der Waals surface area contributed by atoms with E-state index in [1.165, 1.54) is 4.90 Å². The van der Waals surface area contributed by atoms with Crippen molar-refractivity contribution in [1.29, 1.82) is 0 Å². The minimum atomic E-state index is -1.04. The molecule has 0 spiro atoms. The second-order valence-corrected chi connectivity index (χ2v) is 5.71. The molecule has 2 heterocycles. The van der Waals surface area contributed by atoms with Crippen molar-refractivity contribution in [2.24, 2.45) is 0 Å². The first-order chi connectivity index (χ1) is 8.91. The lowest BCUT2D eigenvalue weighted by Crippen LogP contribution is -2.55. The summed E-state index contributed by atoms with van der Waals surface area (Å²) in [5.74, 6) is -1.04. The molecule has 2 fully saturated rings. The Morgan fingerprint density at radius 2 is 1.74 bits per heavy atom. The number of carbonyl (C=O) groups is 2. The molecule has 2 rings (SSSR count). The summed E-state index contributed by atoms with van der Waals surface area (Å²) in [5.41, 5.74) is 0. The van der Waals surface area contributed by atoms with Gasteiger partial charge in [-0.1, -0.05) is 0 Å². The first-order valence-electron chi connectivity index (χ1n) is 6.91. The largest absolute Gasteiger partial charge is 0.480 e. The van der Waals surface area contributed by atoms with Crippen LogP contribution >= 0.6 is 0 Å². The van der Waals surface area contributed by atoms with Gasteiger partial charge in [-0.15, -0.1) is 0 Å². The van der Waals surface area contributed by atoms with E-state index in [9.17, 15) is 14.7 Å². The molecular formula is C13H22N2O4. The summed E-state index contributed by atoms with van der Waals surface area (Å²) in [7, 11) is 0. The molecular weight excluding hydrogens is 248 g/mol. The van der Waals surface area contributed by atoms with Crippen molar-refractivity contribution in [3.63, 3.8) is 0 Å². The third kappa shape index (κ3) is 2.68. The third-order valence-corrected chi connectivity index (χ3v) is 4.22. The number of piperidine rings is 1. The number of hydrogen-bond donors (Lipinski definition) is 2. The van der Waals surface area contributed by atoms with Crippen molar-refractivity contribution in [2.45, 2.75) is 63.8 Å². The van der Waals surface area contributed by atoms with Gasteiger partial charge in [0.2, 0.25) is 0 Å². The number of carboxylic acid groups (broad SMARTS) is 1. The van der Waals surface area contributed by atoms with E-state index in [1.807, 2.05) is 13.8 Å². The molecule has 108 valence electrons. The Labute approximate surface area is 113 Å². The minimum Gasteiger partial charge on any atom is -0.480 e. The number of amides is 2. The van der Waals surface area contributed by atoms with Gasteiger partial charge in [0.25, 0.3) is 0 Å². The van der Waals surface area contributed by atoms with E-state index in [0.717, 1.165) is 19.3 Å². The van der Waals surface area contributed by atoms with Gasteiger partial charge in [0.15, 0.2) is 0 Å². The maximum absolute atomic E-state index is 12.6. The summed E-state index contributed by atoms with van der Waals surface area (Å²) in [4.78, 5) is 26.8. The summed E-state index contributed by atoms with van der Waals surface area (Å²) in [5, 5.41) is 18.8. The van der Waals surface area contributed by atoms with Crippen molar-refractivity contribution >= 4 is 12.0 Å². The summed E-state index contributed by atoms with van der Waals surface area (Å²) >= 11 is 0. The molecule has 2 unspecified atom stereocenters. The molecule has 0 radical (unpaired) electrons. The molecule has 0 bridgehead atoms. The van der Waals surface area contributed by atoms with Gasteiger partial charge in [0, 0.05) is 25.0 Å².